The average Bonchev–Trinajstić information content (AvgIpc) is 2.62. The second-order valence-corrected chi connectivity index (χ2v) is 7.49. The fourth-order valence-electron chi connectivity index (χ4n) is 3.02. The van der Waals surface area contributed by atoms with E-state index in [0.717, 1.165) is 62.1 Å². The third-order valence-corrected chi connectivity index (χ3v) is 5.58. The van der Waals surface area contributed by atoms with E-state index in [4.69, 9.17) is 9.97 Å². The molecule has 0 radical (unpaired) electrons. The van der Waals surface area contributed by atoms with Crippen molar-refractivity contribution < 1.29 is 4.21 Å². The van der Waals surface area contributed by atoms with Crippen LogP contribution in [0, 0.1) is 0 Å². The Hall–Kier alpha value is -1.22. The number of halogens is 2. The molecule has 7 nitrogen and oxygen atoms in total. The van der Waals surface area contributed by atoms with Crippen molar-refractivity contribution in [1.29, 1.82) is 0 Å². The Morgan fingerprint density at radius 1 is 1.00 bits per heavy atom. The van der Waals surface area contributed by atoms with E-state index >= 15 is 0 Å². The molecule has 0 amide bonds. The third-order valence-electron chi connectivity index (χ3n) is 4.30. The van der Waals surface area contributed by atoms with E-state index in [1.807, 2.05) is 12.1 Å². The molecule has 2 saturated heterocycles. The second-order valence-electron chi connectivity index (χ2n) is 5.79. The lowest BCUT2D eigenvalue weighted by atomic mass is 10.3. The Kier molecular flexibility index (Phi) is 7.18. The molecule has 2 fully saturated rings. The van der Waals surface area contributed by atoms with Crippen molar-refractivity contribution in [3.63, 3.8) is 0 Å². The van der Waals surface area contributed by atoms with Gasteiger partial charge in [-0.3, -0.25) is 9.19 Å². The van der Waals surface area contributed by atoms with Crippen LogP contribution in [-0.4, -0.2) is 69.9 Å². The summed E-state index contributed by atoms with van der Waals surface area (Å²) in [5.74, 6) is 3.03. The SMILES string of the molecule is Cl.Cl.O=S1CCN(c2nc(N3CCNCC3)c3ncccc3n2)CC1. The summed E-state index contributed by atoms with van der Waals surface area (Å²) >= 11 is 0. The smallest absolute Gasteiger partial charge is 0.228 e. The van der Waals surface area contributed by atoms with Gasteiger partial charge in [0.05, 0.1) is 5.52 Å². The molecule has 2 aliphatic rings. The summed E-state index contributed by atoms with van der Waals surface area (Å²) in [5, 5.41) is 3.37. The number of rotatable bonds is 2. The molecule has 0 aromatic carbocycles. The van der Waals surface area contributed by atoms with Gasteiger partial charge in [-0.15, -0.1) is 24.8 Å². The van der Waals surface area contributed by atoms with Crippen molar-refractivity contribution in [1.82, 2.24) is 20.3 Å². The highest BCUT2D eigenvalue weighted by molar-refractivity contribution is 7.85. The van der Waals surface area contributed by atoms with Crippen molar-refractivity contribution in [2.75, 3.05) is 60.6 Å². The first-order chi connectivity index (χ1) is 11.3. The molecule has 0 bridgehead atoms. The van der Waals surface area contributed by atoms with Gasteiger partial charge >= 0.3 is 0 Å². The van der Waals surface area contributed by atoms with Crippen molar-refractivity contribution in [2.45, 2.75) is 0 Å². The van der Waals surface area contributed by atoms with Gasteiger partial charge in [-0.05, 0) is 12.1 Å². The summed E-state index contributed by atoms with van der Waals surface area (Å²) in [6, 6.07) is 3.90. The van der Waals surface area contributed by atoms with E-state index < -0.39 is 10.8 Å². The summed E-state index contributed by atoms with van der Waals surface area (Å²) in [6.45, 7) is 5.25. The van der Waals surface area contributed by atoms with Crippen molar-refractivity contribution in [2.24, 2.45) is 0 Å². The molecule has 1 N–H and O–H groups in total. The summed E-state index contributed by atoms with van der Waals surface area (Å²) in [5.41, 5.74) is 1.73. The van der Waals surface area contributed by atoms with Gasteiger partial charge in [0.2, 0.25) is 5.95 Å². The normalized spacial score (nSPS) is 18.6. The van der Waals surface area contributed by atoms with Crippen LogP contribution in [0.25, 0.3) is 11.0 Å². The molecule has 2 aromatic heterocycles. The van der Waals surface area contributed by atoms with Crippen molar-refractivity contribution >= 4 is 58.4 Å². The topological polar surface area (TPSA) is 74.2 Å². The summed E-state index contributed by atoms with van der Waals surface area (Å²) < 4.78 is 11.6. The Balaban J connectivity index is 0.00000113. The van der Waals surface area contributed by atoms with Gasteiger partial charge in [0.25, 0.3) is 0 Å². The lowest BCUT2D eigenvalue weighted by Gasteiger charge is -2.31. The van der Waals surface area contributed by atoms with Crippen LogP contribution >= 0.6 is 24.8 Å². The van der Waals surface area contributed by atoms with Gasteiger partial charge in [-0.1, -0.05) is 0 Å². The number of hydrogen-bond donors (Lipinski definition) is 1. The lowest BCUT2D eigenvalue weighted by molar-refractivity contribution is 0.585. The van der Waals surface area contributed by atoms with Gasteiger partial charge in [0.15, 0.2) is 5.82 Å². The molecule has 10 heteroatoms. The Morgan fingerprint density at radius 3 is 2.44 bits per heavy atom. The van der Waals surface area contributed by atoms with Gasteiger partial charge in [0, 0.05) is 67.8 Å². The molecule has 4 rings (SSSR count). The van der Waals surface area contributed by atoms with E-state index in [9.17, 15) is 4.21 Å². The molecule has 0 spiro atoms. The fourth-order valence-corrected chi connectivity index (χ4v) is 4.07. The number of anilines is 2. The zero-order valence-corrected chi connectivity index (χ0v) is 16.2. The number of nitrogens with zero attached hydrogens (tertiary/aromatic N) is 5. The van der Waals surface area contributed by atoms with Crippen molar-refractivity contribution in [3.05, 3.63) is 18.3 Å². The molecule has 2 aromatic rings. The van der Waals surface area contributed by atoms with Crippen LogP contribution in [0.4, 0.5) is 11.8 Å². The molecule has 25 heavy (non-hydrogen) atoms. The number of hydrogen-bond acceptors (Lipinski definition) is 7. The number of aromatic nitrogens is 3. The predicted molar refractivity (Wildman–Crippen MR) is 107 cm³/mol. The largest absolute Gasteiger partial charge is 0.352 e. The van der Waals surface area contributed by atoms with Crippen LogP contribution < -0.4 is 15.1 Å². The van der Waals surface area contributed by atoms with Crippen LogP contribution in [0.1, 0.15) is 0 Å². The zero-order chi connectivity index (χ0) is 15.6. The van der Waals surface area contributed by atoms with E-state index in [1.165, 1.54) is 0 Å². The summed E-state index contributed by atoms with van der Waals surface area (Å²) in [6.07, 6.45) is 1.79. The summed E-state index contributed by atoms with van der Waals surface area (Å²) in [7, 11) is -0.700. The van der Waals surface area contributed by atoms with Crippen LogP contribution in [0.2, 0.25) is 0 Å². The van der Waals surface area contributed by atoms with Gasteiger partial charge in [-0.2, -0.15) is 4.98 Å². The maximum Gasteiger partial charge on any atom is 0.228 e. The minimum Gasteiger partial charge on any atom is -0.352 e. The zero-order valence-electron chi connectivity index (χ0n) is 13.8. The van der Waals surface area contributed by atoms with Crippen LogP contribution in [0.5, 0.6) is 0 Å². The lowest BCUT2D eigenvalue weighted by Crippen LogP contribution is -2.44. The molecule has 0 atom stereocenters. The Labute approximate surface area is 161 Å². The number of fused-ring (bicyclic) bond motifs is 1. The van der Waals surface area contributed by atoms with Crippen LogP contribution in [0.3, 0.4) is 0 Å². The minimum atomic E-state index is -0.700. The Bertz CT molecular complexity index is 733. The maximum absolute atomic E-state index is 11.6. The highest BCUT2D eigenvalue weighted by Crippen LogP contribution is 2.25. The highest BCUT2D eigenvalue weighted by Gasteiger charge is 2.22. The first-order valence-corrected chi connectivity index (χ1v) is 9.48. The Morgan fingerprint density at radius 2 is 1.72 bits per heavy atom. The van der Waals surface area contributed by atoms with E-state index in [-0.39, 0.29) is 24.8 Å². The second kappa shape index (κ2) is 8.93. The molecule has 0 saturated carbocycles. The predicted octanol–water partition coefficient (Wildman–Crippen LogP) is 0.847. The minimum absolute atomic E-state index is 0. The third kappa shape index (κ3) is 4.31. The quantitative estimate of drug-likeness (QED) is 0.794. The monoisotopic (exact) mass is 404 g/mol. The number of piperazine rings is 1. The number of nitrogens with one attached hydrogen (secondary N) is 1. The molecule has 2 aliphatic heterocycles. The number of pyridine rings is 1. The first kappa shape index (κ1) is 20.1. The summed E-state index contributed by atoms with van der Waals surface area (Å²) in [4.78, 5) is 18.4. The van der Waals surface area contributed by atoms with Crippen LogP contribution in [-0.2, 0) is 10.8 Å². The van der Waals surface area contributed by atoms with Crippen LogP contribution in [0.15, 0.2) is 18.3 Å². The molecular formula is C15H22Cl2N6OS. The fraction of sp³-hybridized carbons (Fsp3) is 0.533. The van der Waals surface area contributed by atoms with Gasteiger partial charge in [-0.25, -0.2) is 4.98 Å². The maximum atomic E-state index is 11.6. The first-order valence-electron chi connectivity index (χ1n) is 7.99. The van der Waals surface area contributed by atoms with Crippen molar-refractivity contribution in [3.8, 4) is 0 Å². The van der Waals surface area contributed by atoms with E-state index in [2.05, 4.69) is 20.1 Å². The molecular weight excluding hydrogens is 383 g/mol. The highest BCUT2D eigenvalue weighted by atomic mass is 35.5. The molecule has 0 unspecified atom stereocenters. The molecule has 4 heterocycles. The average molecular weight is 405 g/mol. The molecule has 138 valence electrons. The standard InChI is InChI=1S/C15H20N6OS.2ClH/c22-23-10-8-21(9-11-23)15-18-12-2-1-3-17-13(12)14(19-15)20-6-4-16-5-7-20;;/h1-3,16H,4-11H2;2*1H. The van der Waals surface area contributed by atoms with E-state index in [1.54, 1.807) is 6.20 Å². The van der Waals surface area contributed by atoms with E-state index in [0.29, 0.717) is 11.5 Å². The molecule has 0 aliphatic carbocycles. The van der Waals surface area contributed by atoms with Gasteiger partial charge in [0.1, 0.15) is 5.52 Å². The van der Waals surface area contributed by atoms with Gasteiger partial charge < -0.3 is 15.1 Å².